The molecule has 0 N–H and O–H groups in total. The van der Waals surface area contributed by atoms with Gasteiger partial charge in [-0.15, -0.1) is 11.3 Å². The average Bonchev–Trinajstić information content (AvgIpc) is 2.15. The van der Waals surface area contributed by atoms with E-state index in [9.17, 15) is 0 Å². The molecule has 0 aromatic carbocycles. The van der Waals surface area contributed by atoms with E-state index >= 15 is 0 Å². The smallest absolute Gasteiger partial charge is 0.137 e. The molecular weight excluding hydrogens is 120 g/mol. The quantitative estimate of drug-likeness (QED) is 0.460. The lowest BCUT2D eigenvalue weighted by atomic mass is 10.6. The van der Waals surface area contributed by atoms with Crippen molar-refractivity contribution in [3.8, 4) is 0 Å². The fraction of sp³-hybridized carbons (Fsp3) is 0.200. The van der Waals surface area contributed by atoms with Gasteiger partial charge in [0.25, 0.3) is 0 Å². The third-order valence-electron chi connectivity index (χ3n) is 1.09. The Kier molecular flexibility index (Phi) is 0.729. The van der Waals surface area contributed by atoms with E-state index in [2.05, 4.69) is 9.98 Å². The number of fused-ring (bicyclic) bond motifs is 1. The van der Waals surface area contributed by atoms with Crippen LogP contribution >= 0.6 is 11.3 Å². The summed E-state index contributed by atoms with van der Waals surface area (Å²) in [4.78, 5) is 8.23. The molecule has 0 aliphatic carbocycles. The van der Waals surface area contributed by atoms with Gasteiger partial charge in [0.05, 0.1) is 17.4 Å². The summed E-state index contributed by atoms with van der Waals surface area (Å²) in [5.74, 6) is 0. The molecule has 8 heavy (non-hydrogen) atoms. The Morgan fingerprint density at radius 2 is 2.62 bits per heavy atom. The van der Waals surface area contributed by atoms with Crippen LogP contribution in [0, 0.1) is 0 Å². The monoisotopic (exact) mass is 124 g/mol. The van der Waals surface area contributed by atoms with Gasteiger partial charge in [-0.3, -0.25) is 4.99 Å². The highest BCUT2D eigenvalue weighted by molar-refractivity contribution is 7.07. The van der Waals surface area contributed by atoms with Crippen molar-refractivity contribution < 1.29 is 0 Å². The first kappa shape index (κ1) is 4.21. The highest BCUT2D eigenvalue weighted by atomic mass is 32.1. The zero-order chi connectivity index (χ0) is 5.40. The second kappa shape index (κ2) is 1.39. The fourth-order valence-corrected chi connectivity index (χ4v) is 1.39. The first-order valence-electron chi connectivity index (χ1n) is 2.41. The van der Waals surface area contributed by atoms with Crippen LogP contribution in [0.4, 0.5) is 0 Å². The fourth-order valence-electron chi connectivity index (χ4n) is 0.722. The molecule has 0 bridgehead atoms. The maximum atomic E-state index is 4.16. The largest absolute Gasteiger partial charge is 0.268 e. The zero-order valence-electron chi connectivity index (χ0n) is 4.16. The number of aromatic nitrogens is 1. The van der Waals surface area contributed by atoms with Gasteiger partial charge in [-0.1, -0.05) is 0 Å². The van der Waals surface area contributed by atoms with Crippen molar-refractivity contribution in [2.75, 3.05) is 6.54 Å². The lowest BCUT2D eigenvalue weighted by Crippen LogP contribution is -2.16. The van der Waals surface area contributed by atoms with Crippen LogP contribution < -0.4 is 10.0 Å². The zero-order valence-corrected chi connectivity index (χ0v) is 4.98. The van der Waals surface area contributed by atoms with Crippen LogP contribution in [0.3, 0.4) is 0 Å². The Morgan fingerprint density at radius 3 is 3.50 bits per heavy atom. The molecular formula is C5H4N2S. The molecule has 0 amide bonds. The van der Waals surface area contributed by atoms with Gasteiger partial charge in [-0.2, -0.15) is 0 Å². The van der Waals surface area contributed by atoms with E-state index in [0.29, 0.717) is 0 Å². The van der Waals surface area contributed by atoms with Gasteiger partial charge in [0.15, 0.2) is 0 Å². The number of hydrogen-bond acceptors (Lipinski definition) is 3. The molecule has 0 unspecified atom stereocenters. The molecule has 2 nitrogen and oxygen atoms in total. The molecule has 1 aliphatic heterocycles. The molecule has 0 saturated heterocycles. The summed E-state index contributed by atoms with van der Waals surface area (Å²) in [6, 6.07) is 0. The van der Waals surface area contributed by atoms with Crippen molar-refractivity contribution in [2.24, 2.45) is 4.99 Å². The first-order valence-corrected chi connectivity index (χ1v) is 3.29. The summed E-state index contributed by atoms with van der Waals surface area (Å²) in [6.07, 6.45) is 2.03. The van der Waals surface area contributed by atoms with Crippen molar-refractivity contribution in [3.05, 3.63) is 15.5 Å². The van der Waals surface area contributed by atoms with Gasteiger partial charge in [-0.05, 0) is 6.08 Å². The standard InChI is InChI=1S/C5H4N2S/c1-2-6-5-4(1)7-3-8-5/h1,3H,2H2. The molecule has 0 saturated carbocycles. The number of nitrogens with zero attached hydrogens (tertiary/aromatic N) is 2. The third-order valence-corrected chi connectivity index (χ3v) is 1.87. The molecule has 2 heterocycles. The number of hydrogen-bond donors (Lipinski definition) is 0. The Hall–Kier alpha value is -0.700. The summed E-state index contributed by atoms with van der Waals surface area (Å²) in [5, 5.41) is 1.06. The summed E-state index contributed by atoms with van der Waals surface area (Å²) >= 11 is 1.60. The molecule has 1 aromatic rings. The summed E-state index contributed by atoms with van der Waals surface area (Å²) < 4.78 is 1.09. The van der Waals surface area contributed by atoms with Crippen LogP contribution in [0.25, 0.3) is 6.08 Å². The van der Waals surface area contributed by atoms with E-state index in [1.165, 1.54) is 0 Å². The summed E-state index contributed by atoms with van der Waals surface area (Å²) in [5.41, 5.74) is 1.82. The van der Waals surface area contributed by atoms with E-state index < -0.39 is 0 Å². The van der Waals surface area contributed by atoms with Crippen molar-refractivity contribution >= 4 is 17.4 Å². The van der Waals surface area contributed by atoms with Crippen LogP contribution in [0.1, 0.15) is 0 Å². The van der Waals surface area contributed by atoms with Crippen molar-refractivity contribution in [1.29, 1.82) is 0 Å². The number of thiazole rings is 1. The van der Waals surface area contributed by atoms with Crippen LogP contribution in [-0.4, -0.2) is 11.5 Å². The van der Waals surface area contributed by atoms with E-state index in [-0.39, 0.29) is 0 Å². The molecule has 3 heteroatoms. The number of rotatable bonds is 0. The molecule has 40 valence electrons. The predicted octanol–water partition coefficient (Wildman–Crippen LogP) is -0.443. The van der Waals surface area contributed by atoms with Crippen LogP contribution in [0.15, 0.2) is 10.5 Å². The van der Waals surface area contributed by atoms with Crippen molar-refractivity contribution in [3.63, 3.8) is 0 Å². The third kappa shape index (κ3) is 0.419. The molecule has 0 radical (unpaired) electrons. The van der Waals surface area contributed by atoms with E-state index in [1.54, 1.807) is 11.3 Å². The second-order valence-corrected chi connectivity index (χ2v) is 2.42. The van der Waals surface area contributed by atoms with E-state index in [0.717, 1.165) is 16.6 Å². The van der Waals surface area contributed by atoms with Crippen LogP contribution in [0.5, 0.6) is 0 Å². The Morgan fingerprint density at radius 1 is 1.62 bits per heavy atom. The molecule has 1 aromatic heterocycles. The summed E-state index contributed by atoms with van der Waals surface area (Å²) in [7, 11) is 0. The van der Waals surface area contributed by atoms with Crippen LogP contribution in [0.2, 0.25) is 0 Å². The lowest BCUT2D eigenvalue weighted by molar-refractivity contribution is 1.25. The molecule has 2 rings (SSSR count). The van der Waals surface area contributed by atoms with Crippen LogP contribution in [-0.2, 0) is 0 Å². The molecule has 0 spiro atoms. The van der Waals surface area contributed by atoms with Crippen molar-refractivity contribution in [1.82, 2.24) is 4.98 Å². The maximum Gasteiger partial charge on any atom is 0.137 e. The van der Waals surface area contributed by atoms with E-state index in [1.807, 2.05) is 11.6 Å². The van der Waals surface area contributed by atoms with Gasteiger partial charge < -0.3 is 0 Å². The lowest BCUT2D eigenvalue weighted by Gasteiger charge is -1.64. The molecule has 0 fully saturated rings. The Labute approximate surface area is 50.2 Å². The van der Waals surface area contributed by atoms with Gasteiger partial charge >= 0.3 is 0 Å². The van der Waals surface area contributed by atoms with Gasteiger partial charge in [0.1, 0.15) is 4.67 Å². The molecule has 0 atom stereocenters. The van der Waals surface area contributed by atoms with Gasteiger partial charge in [0.2, 0.25) is 0 Å². The highest BCUT2D eigenvalue weighted by Crippen LogP contribution is 1.81. The van der Waals surface area contributed by atoms with Gasteiger partial charge in [-0.25, -0.2) is 4.98 Å². The Bertz CT molecular complexity index is 270. The topological polar surface area (TPSA) is 25.2 Å². The maximum absolute atomic E-state index is 4.16. The van der Waals surface area contributed by atoms with Gasteiger partial charge in [0, 0.05) is 0 Å². The minimum Gasteiger partial charge on any atom is -0.268 e. The predicted molar refractivity (Wildman–Crippen MR) is 32.2 cm³/mol. The highest BCUT2D eigenvalue weighted by Gasteiger charge is 1.93. The minimum atomic E-state index is 0.828. The van der Waals surface area contributed by atoms with Crippen molar-refractivity contribution in [2.45, 2.75) is 0 Å². The van der Waals surface area contributed by atoms with E-state index in [4.69, 9.17) is 0 Å². The second-order valence-electron chi connectivity index (χ2n) is 1.59. The normalized spacial score (nSPS) is 14.5. The Balaban J connectivity index is 3.08. The first-order chi connectivity index (χ1) is 3.97. The molecule has 1 aliphatic rings. The average molecular weight is 124 g/mol. The SMILES string of the molecule is C1=c2ncsc2=NC1. The summed E-state index contributed by atoms with van der Waals surface area (Å²) in [6.45, 7) is 0.828. The minimum absolute atomic E-state index is 0.828.